The third-order valence-corrected chi connectivity index (χ3v) is 10.0. The summed E-state index contributed by atoms with van der Waals surface area (Å²) in [7, 11) is -2.87. The Morgan fingerprint density at radius 3 is 2.47 bits per heavy atom. The van der Waals surface area contributed by atoms with Gasteiger partial charge in [0.25, 0.3) is 0 Å². The number of rotatable bonds is 3. The van der Waals surface area contributed by atoms with Crippen molar-refractivity contribution >= 4 is 18.6 Å². The van der Waals surface area contributed by atoms with Crippen molar-refractivity contribution in [3.05, 3.63) is 18.2 Å². The molecule has 4 atom stereocenters. The van der Waals surface area contributed by atoms with Crippen molar-refractivity contribution in [2.75, 3.05) is 6.35 Å². The lowest BCUT2D eigenvalue weighted by atomic mass is 9.75. The monoisotopic (exact) mass is 438 g/mol. The molecule has 3 rings (SSSR count). The predicted molar refractivity (Wildman–Crippen MR) is 123 cm³/mol. The van der Waals surface area contributed by atoms with Crippen molar-refractivity contribution < 1.29 is 23.6 Å². The van der Waals surface area contributed by atoms with Crippen molar-refractivity contribution in [3.63, 3.8) is 0 Å². The fourth-order valence-electron chi connectivity index (χ4n) is 4.30. The summed E-state index contributed by atoms with van der Waals surface area (Å²) in [6.07, 6.45) is 2.36. The first-order valence-electron chi connectivity index (χ1n) is 11.3. The van der Waals surface area contributed by atoms with Crippen LogP contribution in [0.25, 0.3) is 0 Å². The Balaban J connectivity index is 0.00000155. The molecule has 1 aliphatic heterocycles. The molecule has 0 N–H and O–H groups in total. The molecule has 2 aliphatic rings. The molecule has 0 bridgehead atoms. The first-order valence-corrected chi connectivity index (χ1v) is 13.2. The first kappa shape index (κ1) is 24.8. The van der Waals surface area contributed by atoms with Crippen LogP contribution in [0.2, 0.25) is 0 Å². The molecular weight excluding hydrogens is 399 g/mol. The highest BCUT2D eigenvalue weighted by Gasteiger charge is 2.47. The van der Waals surface area contributed by atoms with E-state index in [1.165, 1.54) is 0 Å². The van der Waals surface area contributed by atoms with Gasteiger partial charge in [-0.05, 0) is 42.7 Å². The number of hydrogen-bond acceptors (Lipinski definition) is 5. The maximum Gasteiger partial charge on any atom is 0.514 e. The van der Waals surface area contributed by atoms with Crippen LogP contribution in [0.1, 0.15) is 74.7 Å². The topological polar surface area (TPSA) is 61.8 Å². The van der Waals surface area contributed by atoms with Crippen LogP contribution in [0.5, 0.6) is 11.5 Å². The standard InChI is InChI=1S/C22H33O5P.C2H6/c1-14(2)16-11-10-15(3)12-19(16)27-21(23)26-18-9-7-8-17-20(18)28(24,13-25-17)22(4,5)6;1-2/h7-9,14-16,19H,10-13H2,1-6H3;1-2H3/t15-,16+,19-,28-;/m0./s1. The number of carbonyl (C=O) groups excluding carboxylic acids is 1. The molecule has 1 saturated carbocycles. The Morgan fingerprint density at radius 1 is 1.20 bits per heavy atom. The molecule has 0 spiro atoms. The summed E-state index contributed by atoms with van der Waals surface area (Å²) in [5.74, 6) is 2.15. The number of carbonyl (C=O) groups is 1. The van der Waals surface area contributed by atoms with Crippen LogP contribution in [0.4, 0.5) is 4.79 Å². The van der Waals surface area contributed by atoms with E-state index in [9.17, 15) is 9.36 Å². The Labute approximate surface area is 182 Å². The van der Waals surface area contributed by atoms with Gasteiger partial charge in [-0.25, -0.2) is 4.79 Å². The highest BCUT2D eigenvalue weighted by Crippen LogP contribution is 2.63. The normalized spacial score (nSPS) is 28.1. The van der Waals surface area contributed by atoms with E-state index in [2.05, 4.69) is 20.8 Å². The third kappa shape index (κ3) is 5.04. The van der Waals surface area contributed by atoms with Gasteiger partial charge in [-0.2, -0.15) is 0 Å². The summed E-state index contributed by atoms with van der Waals surface area (Å²) >= 11 is 0. The van der Waals surface area contributed by atoms with Crippen LogP contribution < -0.4 is 14.8 Å². The fraction of sp³-hybridized carbons (Fsp3) is 0.708. The van der Waals surface area contributed by atoms with Gasteiger partial charge in [-0.15, -0.1) is 0 Å². The predicted octanol–water partition coefficient (Wildman–Crippen LogP) is 6.83. The minimum Gasteiger partial charge on any atom is -0.485 e. The lowest BCUT2D eigenvalue weighted by molar-refractivity contribution is -0.0135. The van der Waals surface area contributed by atoms with Gasteiger partial charge in [0.15, 0.2) is 7.14 Å². The molecule has 0 unspecified atom stereocenters. The molecule has 1 fully saturated rings. The number of hydrogen-bond donors (Lipinski definition) is 0. The smallest absolute Gasteiger partial charge is 0.485 e. The zero-order valence-electron chi connectivity index (χ0n) is 19.9. The first-order chi connectivity index (χ1) is 14.0. The average Bonchev–Trinajstić information content (AvgIpc) is 3.02. The van der Waals surface area contributed by atoms with E-state index >= 15 is 0 Å². The van der Waals surface area contributed by atoms with Gasteiger partial charge in [-0.3, -0.25) is 0 Å². The molecule has 0 aromatic heterocycles. The summed E-state index contributed by atoms with van der Waals surface area (Å²) in [6, 6.07) is 5.20. The summed E-state index contributed by atoms with van der Waals surface area (Å²) in [6.45, 7) is 16.3. The number of fused-ring (bicyclic) bond motifs is 1. The SMILES string of the molecule is CC.CC(C)[C@H]1CC[C@H](C)C[C@@H]1OC(=O)Oc1cccc2c1[P@](=O)(C(C)(C)C)CO2. The van der Waals surface area contributed by atoms with E-state index in [4.69, 9.17) is 14.2 Å². The van der Waals surface area contributed by atoms with Gasteiger partial charge >= 0.3 is 6.16 Å². The Kier molecular flexibility index (Phi) is 8.07. The second kappa shape index (κ2) is 9.77. The Hall–Kier alpha value is -1.48. The molecule has 30 heavy (non-hydrogen) atoms. The Bertz CT molecular complexity index is 780. The van der Waals surface area contributed by atoms with Crippen molar-refractivity contribution in [1.29, 1.82) is 0 Å². The molecule has 1 aliphatic carbocycles. The largest absolute Gasteiger partial charge is 0.514 e. The molecule has 1 heterocycles. The third-order valence-electron chi connectivity index (χ3n) is 6.21. The number of ether oxygens (including phenoxy) is 3. The van der Waals surface area contributed by atoms with Crippen LogP contribution in [-0.2, 0) is 9.30 Å². The summed E-state index contributed by atoms with van der Waals surface area (Å²) < 4.78 is 30.7. The van der Waals surface area contributed by atoms with Gasteiger partial charge in [0, 0.05) is 5.16 Å². The van der Waals surface area contributed by atoms with Crippen LogP contribution in [0.3, 0.4) is 0 Å². The van der Waals surface area contributed by atoms with Crippen LogP contribution in [0.15, 0.2) is 18.2 Å². The lowest BCUT2D eigenvalue weighted by Gasteiger charge is -2.36. The molecule has 6 heteroatoms. The molecule has 170 valence electrons. The second-order valence-electron chi connectivity index (χ2n) is 9.62. The Morgan fingerprint density at radius 2 is 1.87 bits per heavy atom. The van der Waals surface area contributed by atoms with Crippen LogP contribution in [0, 0.1) is 17.8 Å². The maximum absolute atomic E-state index is 13.7. The van der Waals surface area contributed by atoms with E-state index < -0.39 is 18.5 Å². The molecule has 0 saturated heterocycles. The van der Waals surface area contributed by atoms with Gasteiger partial charge in [0.1, 0.15) is 29.3 Å². The van der Waals surface area contributed by atoms with E-state index in [1.54, 1.807) is 18.2 Å². The number of benzene rings is 1. The van der Waals surface area contributed by atoms with Crippen molar-refractivity contribution in [3.8, 4) is 11.5 Å². The van der Waals surface area contributed by atoms with E-state index in [0.29, 0.717) is 34.6 Å². The highest BCUT2D eigenvalue weighted by molar-refractivity contribution is 7.73. The van der Waals surface area contributed by atoms with Crippen molar-refractivity contribution in [2.24, 2.45) is 17.8 Å². The zero-order chi connectivity index (χ0) is 22.7. The van der Waals surface area contributed by atoms with Crippen molar-refractivity contribution in [2.45, 2.75) is 85.9 Å². The van der Waals surface area contributed by atoms with Gasteiger partial charge in [0.05, 0.1) is 0 Å². The second-order valence-corrected chi connectivity index (χ2v) is 13.1. The van der Waals surface area contributed by atoms with Crippen molar-refractivity contribution in [1.82, 2.24) is 0 Å². The molecular formula is C24H39O5P. The molecule has 0 amide bonds. The zero-order valence-corrected chi connectivity index (χ0v) is 20.8. The molecule has 5 nitrogen and oxygen atoms in total. The molecule has 0 radical (unpaired) electrons. The molecule has 1 aromatic rings. The van der Waals surface area contributed by atoms with Gasteiger partial charge in [0.2, 0.25) is 0 Å². The quantitative estimate of drug-likeness (QED) is 0.294. The summed E-state index contributed by atoms with van der Waals surface area (Å²) in [5.41, 5.74) is 0. The minimum absolute atomic E-state index is 0.136. The summed E-state index contributed by atoms with van der Waals surface area (Å²) in [5, 5.41) is 0.0419. The molecule has 1 aromatic carbocycles. The van der Waals surface area contributed by atoms with Gasteiger partial charge < -0.3 is 18.8 Å². The maximum atomic E-state index is 13.7. The van der Waals surface area contributed by atoms with Crippen LogP contribution >= 0.6 is 7.14 Å². The fourth-order valence-corrected chi connectivity index (χ4v) is 6.78. The highest BCUT2D eigenvalue weighted by atomic mass is 31.2. The van der Waals surface area contributed by atoms with Gasteiger partial charge in [-0.1, -0.05) is 67.9 Å². The average molecular weight is 439 g/mol. The van der Waals surface area contributed by atoms with E-state index in [-0.39, 0.29) is 12.5 Å². The van der Waals surface area contributed by atoms with Crippen LogP contribution in [-0.4, -0.2) is 23.8 Å². The van der Waals surface area contributed by atoms with E-state index in [0.717, 1.165) is 19.3 Å². The lowest BCUT2D eigenvalue weighted by Crippen LogP contribution is -2.36. The van der Waals surface area contributed by atoms with E-state index in [1.807, 2.05) is 34.6 Å². The summed E-state index contributed by atoms with van der Waals surface area (Å²) in [4.78, 5) is 12.6. The minimum atomic E-state index is -2.87.